The minimum absolute atomic E-state index is 0.0378. The zero-order chi connectivity index (χ0) is 15.0. The van der Waals surface area contributed by atoms with Crippen molar-refractivity contribution in [3.63, 3.8) is 0 Å². The van der Waals surface area contributed by atoms with Gasteiger partial charge < -0.3 is 15.5 Å². The number of amides is 1. The quantitative estimate of drug-likeness (QED) is 0.628. The van der Waals surface area contributed by atoms with Gasteiger partial charge in [-0.25, -0.2) is 9.18 Å². The van der Waals surface area contributed by atoms with Gasteiger partial charge in [-0.2, -0.15) is 0 Å². The average Bonchev–Trinajstić information content (AvgIpc) is 2.80. The van der Waals surface area contributed by atoms with Crippen LogP contribution < -0.4 is 16.8 Å². The number of oxazole rings is 1. The summed E-state index contributed by atoms with van der Waals surface area (Å²) in [5.74, 6) is -1.68. The fourth-order valence-electron chi connectivity index (χ4n) is 1.95. The third-order valence-electron chi connectivity index (χ3n) is 2.94. The first-order valence-electron chi connectivity index (χ1n) is 6.02. The van der Waals surface area contributed by atoms with Gasteiger partial charge in [0.2, 0.25) is 0 Å². The number of benzene rings is 2. The summed E-state index contributed by atoms with van der Waals surface area (Å²) in [5, 5.41) is 2.58. The second-order valence-corrected chi connectivity index (χ2v) is 4.41. The van der Waals surface area contributed by atoms with E-state index in [1.54, 1.807) is 6.07 Å². The molecule has 2 aromatic carbocycles. The Morgan fingerprint density at radius 3 is 2.86 bits per heavy atom. The Balaban J connectivity index is 1.92. The molecule has 1 amide bonds. The summed E-state index contributed by atoms with van der Waals surface area (Å²) in [6.45, 7) is 0. The van der Waals surface area contributed by atoms with Crippen molar-refractivity contribution in [1.29, 1.82) is 0 Å². The number of carbonyl (C=O) groups is 1. The van der Waals surface area contributed by atoms with Crippen molar-refractivity contribution in [2.24, 2.45) is 0 Å². The van der Waals surface area contributed by atoms with E-state index in [0.29, 0.717) is 16.8 Å². The molecule has 106 valence electrons. The van der Waals surface area contributed by atoms with E-state index in [4.69, 9.17) is 10.2 Å². The Labute approximate surface area is 117 Å². The Bertz CT molecular complexity index is 898. The Morgan fingerprint density at radius 1 is 1.24 bits per heavy atom. The molecule has 7 heteroatoms. The molecule has 6 nitrogen and oxygen atoms in total. The number of nitrogens with one attached hydrogen (secondary N) is 2. The zero-order valence-corrected chi connectivity index (χ0v) is 10.6. The first-order chi connectivity index (χ1) is 10.0. The van der Waals surface area contributed by atoms with Crippen molar-refractivity contribution in [3.05, 3.63) is 58.3 Å². The number of rotatable bonds is 2. The number of anilines is 2. The van der Waals surface area contributed by atoms with Crippen molar-refractivity contribution in [2.45, 2.75) is 0 Å². The molecular formula is C14H10FN3O3. The molecule has 1 aromatic heterocycles. The lowest BCUT2D eigenvalue weighted by Gasteiger charge is -2.07. The predicted molar refractivity (Wildman–Crippen MR) is 75.6 cm³/mol. The van der Waals surface area contributed by atoms with Crippen LogP contribution in [0.1, 0.15) is 10.4 Å². The molecule has 3 aromatic rings. The molecule has 0 atom stereocenters. The molecule has 0 aliphatic heterocycles. The van der Waals surface area contributed by atoms with Crippen LogP contribution in [0.15, 0.2) is 45.6 Å². The summed E-state index contributed by atoms with van der Waals surface area (Å²) in [6, 6.07) is 8.19. The van der Waals surface area contributed by atoms with Gasteiger partial charge in [-0.1, -0.05) is 0 Å². The number of aromatic amines is 1. The highest BCUT2D eigenvalue weighted by Gasteiger charge is 2.12. The third kappa shape index (κ3) is 2.48. The number of hydrogen-bond acceptors (Lipinski definition) is 4. The van der Waals surface area contributed by atoms with Crippen LogP contribution in [-0.2, 0) is 0 Å². The maximum Gasteiger partial charge on any atom is 0.417 e. The van der Waals surface area contributed by atoms with Crippen LogP contribution in [0.3, 0.4) is 0 Å². The molecule has 0 saturated heterocycles. The second kappa shape index (κ2) is 4.78. The minimum Gasteiger partial charge on any atom is -0.408 e. The number of aromatic nitrogens is 1. The molecule has 0 unspecified atom stereocenters. The van der Waals surface area contributed by atoms with Gasteiger partial charge >= 0.3 is 5.76 Å². The van der Waals surface area contributed by atoms with Crippen LogP contribution in [0.25, 0.3) is 11.1 Å². The fourth-order valence-corrected chi connectivity index (χ4v) is 1.95. The van der Waals surface area contributed by atoms with Gasteiger partial charge in [0, 0.05) is 11.4 Å². The Hall–Kier alpha value is -3.09. The Kier molecular flexibility index (Phi) is 2.94. The number of nitrogen functional groups attached to an aromatic ring is 1. The van der Waals surface area contributed by atoms with Gasteiger partial charge in [0.25, 0.3) is 5.91 Å². The predicted octanol–water partition coefficient (Wildman–Crippen LogP) is 2.09. The molecule has 4 N–H and O–H groups in total. The second-order valence-electron chi connectivity index (χ2n) is 4.41. The smallest absolute Gasteiger partial charge is 0.408 e. The summed E-state index contributed by atoms with van der Waals surface area (Å²) < 4.78 is 18.0. The molecule has 0 aliphatic rings. The summed E-state index contributed by atoms with van der Waals surface area (Å²) >= 11 is 0. The van der Waals surface area contributed by atoms with Crippen molar-refractivity contribution >= 4 is 28.4 Å². The fraction of sp³-hybridized carbons (Fsp3) is 0. The van der Waals surface area contributed by atoms with Gasteiger partial charge in [0.1, 0.15) is 5.82 Å². The SMILES string of the molecule is Nc1ccc(F)cc1C(=O)Nc1ccc2oc(=O)[nH]c2c1. The molecule has 0 radical (unpaired) electrons. The number of carbonyl (C=O) groups excluding carboxylic acids is 1. The molecule has 0 aliphatic carbocycles. The topological polar surface area (TPSA) is 101 Å². The van der Waals surface area contributed by atoms with Crippen molar-refractivity contribution < 1.29 is 13.6 Å². The van der Waals surface area contributed by atoms with Gasteiger partial charge in [-0.05, 0) is 36.4 Å². The maximum absolute atomic E-state index is 13.2. The monoisotopic (exact) mass is 287 g/mol. The van der Waals surface area contributed by atoms with E-state index in [1.807, 2.05) is 0 Å². The first kappa shape index (κ1) is 12.9. The van der Waals surface area contributed by atoms with E-state index in [9.17, 15) is 14.0 Å². The molecule has 0 saturated carbocycles. The average molecular weight is 287 g/mol. The maximum atomic E-state index is 13.2. The number of hydrogen-bond donors (Lipinski definition) is 3. The highest BCUT2D eigenvalue weighted by molar-refractivity contribution is 6.08. The molecule has 0 spiro atoms. The summed E-state index contributed by atoms with van der Waals surface area (Å²) in [5.41, 5.74) is 7.11. The molecule has 21 heavy (non-hydrogen) atoms. The standard InChI is InChI=1S/C14H10FN3O3/c15-7-1-3-10(16)9(5-7)13(19)17-8-2-4-12-11(6-8)18-14(20)21-12/h1-6H,16H2,(H,17,19)(H,18,20). The molecular weight excluding hydrogens is 277 g/mol. The largest absolute Gasteiger partial charge is 0.417 e. The zero-order valence-electron chi connectivity index (χ0n) is 10.6. The third-order valence-corrected chi connectivity index (χ3v) is 2.94. The molecule has 0 bridgehead atoms. The number of fused-ring (bicyclic) bond motifs is 1. The summed E-state index contributed by atoms with van der Waals surface area (Å²) in [4.78, 5) is 25.6. The lowest BCUT2D eigenvalue weighted by Crippen LogP contribution is -2.14. The van der Waals surface area contributed by atoms with Crippen LogP contribution in [0.4, 0.5) is 15.8 Å². The van der Waals surface area contributed by atoms with Gasteiger partial charge in [-0.3, -0.25) is 9.78 Å². The van der Waals surface area contributed by atoms with E-state index in [-0.39, 0.29) is 11.3 Å². The lowest BCUT2D eigenvalue weighted by atomic mass is 10.1. The number of H-pyrrole nitrogens is 1. The molecule has 1 heterocycles. The van der Waals surface area contributed by atoms with E-state index >= 15 is 0 Å². The van der Waals surface area contributed by atoms with Crippen LogP contribution in [0.5, 0.6) is 0 Å². The summed E-state index contributed by atoms with van der Waals surface area (Å²) in [7, 11) is 0. The van der Waals surface area contributed by atoms with Crippen molar-refractivity contribution in [2.75, 3.05) is 11.1 Å². The van der Waals surface area contributed by atoms with E-state index in [2.05, 4.69) is 10.3 Å². The normalized spacial score (nSPS) is 10.7. The van der Waals surface area contributed by atoms with Crippen LogP contribution in [0, 0.1) is 5.82 Å². The molecule has 3 rings (SSSR count). The van der Waals surface area contributed by atoms with Gasteiger partial charge in [-0.15, -0.1) is 0 Å². The molecule has 0 fully saturated rings. The van der Waals surface area contributed by atoms with Crippen molar-refractivity contribution in [3.8, 4) is 0 Å². The minimum atomic E-state index is -0.581. The lowest BCUT2D eigenvalue weighted by molar-refractivity contribution is 0.102. The van der Waals surface area contributed by atoms with Crippen LogP contribution >= 0.6 is 0 Å². The highest BCUT2D eigenvalue weighted by atomic mass is 19.1. The van der Waals surface area contributed by atoms with E-state index in [1.165, 1.54) is 24.3 Å². The summed E-state index contributed by atoms with van der Waals surface area (Å²) in [6.07, 6.45) is 0. The van der Waals surface area contributed by atoms with E-state index in [0.717, 1.165) is 6.07 Å². The first-order valence-corrected chi connectivity index (χ1v) is 6.02. The number of nitrogens with two attached hydrogens (primary N) is 1. The number of halogens is 1. The van der Waals surface area contributed by atoms with Crippen LogP contribution in [0.2, 0.25) is 0 Å². The van der Waals surface area contributed by atoms with Gasteiger partial charge in [0.15, 0.2) is 5.58 Å². The van der Waals surface area contributed by atoms with E-state index < -0.39 is 17.5 Å². The van der Waals surface area contributed by atoms with Gasteiger partial charge in [0.05, 0.1) is 11.1 Å². The van der Waals surface area contributed by atoms with Crippen LogP contribution in [-0.4, -0.2) is 10.9 Å². The Morgan fingerprint density at radius 2 is 2.05 bits per heavy atom. The highest BCUT2D eigenvalue weighted by Crippen LogP contribution is 2.19. The van der Waals surface area contributed by atoms with Crippen molar-refractivity contribution in [1.82, 2.24) is 4.98 Å².